The molecule has 0 aliphatic carbocycles. The van der Waals surface area contributed by atoms with Crippen molar-refractivity contribution in [3.05, 3.63) is 0 Å². The Morgan fingerprint density at radius 1 is 1.20 bits per heavy atom. The highest BCUT2D eigenvalue weighted by Crippen LogP contribution is 2.39. The van der Waals surface area contributed by atoms with Crippen molar-refractivity contribution < 1.29 is 0 Å². The summed E-state index contributed by atoms with van der Waals surface area (Å²) in [6.07, 6.45) is 0. The predicted octanol–water partition coefficient (Wildman–Crippen LogP) is 1.51. The van der Waals surface area contributed by atoms with Gasteiger partial charge in [-0.1, -0.05) is 13.8 Å². The van der Waals surface area contributed by atoms with Crippen LogP contribution in [0.1, 0.15) is 13.8 Å². The van der Waals surface area contributed by atoms with Crippen LogP contribution in [0.4, 0.5) is 0 Å². The summed E-state index contributed by atoms with van der Waals surface area (Å²) in [5.41, 5.74) is 0. The van der Waals surface area contributed by atoms with Crippen molar-refractivity contribution in [2.24, 2.45) is 0 Å². The molecule has 0 aromatic carbocycles. The summed E-state index contributed by atoms with van der Waals surface area (Å²) in [4.78, 5) is 0. The van der Waals surface area contributed by atoms with Gasteiger partial charge in [0, 0.05) is 10.5 Å². The van der Waals surface area contributed by atoms with Crippen LogP contribution in [0.3, 0.4) is 0 Å². The average molecular weight is 88.2 g/mol. The van der Waals surface area contributed by atoms with Gasteiger partial charge in [0.05, 0.1) is 0 Å². The highest BCUT2D eigenvalue weighted by molar-refractivity contribution is 8.07. The van der Waals surface area contributed by atoms with Crippen molar-refractivity contribution in [1.82, 2.24) is 0 Å². The minimum Gasteiger partial charge on any atom is -0.153 e. The Hall–Kier alpha value is 0.350. The lowest BCUT2D eigenvalue weighted by atomic mass is 10.4. The third kappa shape index (κ3) is 0.596. The monoisotopic (exact) mass is 88.0 g/mol. The van der Waals surface area contributed by atoms with Crippen LogP contribution < -0.4 is 0 Å². The van der Waals surface area contributed by atoms with Gasteiger partial charge in [-0.2, -0.15) is 11.8 Å². The van der Waals surface area contributed by atoms with Crippen molar-refractivity contribution in [2.45, 2.75) is 24.3 Å². The minimum atomic E-state index is 0.968. The fourth-order valence-electron chi connectivity index (χ4n) is 0.293. The fraction of sp³-hybridized carbons (Fsp3) is 1.00. The fourth-order valence-corrected chi connectivity index (χ4v) is 0.880. The molecule has 1 heterocycles. The van der Waals surface area contributed by atoms with Gasteiger partial charge in [-0.05, 0) is 0 Å². The molecule has 0 bridgehead atoms. The van der Waals surface area contributed by atoms with Crippen LogP contribution in [0.25, 0.3) is 0 Å². The van der Waals surface area contributed by atoms with Gasteiger partial charge in [0.2, 0.25) is 0 Å². The first-order valence-electron chi connectivity index (χ1n) is 1.96. The highest BCUT2D eigenvalue weighted by atomic mass is 32.2. The Balaban J connectivity index is 2.20. The standard InChI is InChI=1S/C4H8S/c1-3-4(2)5-3/h3-4H,1-2H3/t3-,4+. The van der Waals surface area contributed by atoms with E-state index >= 15 is 0 Å². The maximum absolute atomic E-state index is 2.26. The Morgan fingerprint density at radius 2 is 1.40 bits per heavy atom. The molecule has 0 aromatic heterocycles. The zero-order chi connectivity index (χ0) is 3.86. The normalized spacial score (nSPS) is 49.2. The van der Waals surface area contributed by atoms with Gasteiger partial charge in [-0.15, -0.1) is 0 Å². The van der Waals surface area contributed by atoms with E-state index in [9.17, 15) is 0 Å². The molecule has 0 spiro atoms. The molecule has 2 atom stereocenters. The van der Waals surface area contributed by atoms with E-state index in [4.69, 9.17) is 0 Å². The molecule has 1 saturated heterocycles. The van der Waals surface area contributed by atoms with Gasteiger partial charge in [0.1, 0.15) is 0 Å². The molecule has 5 heavy (non-hydrogen) atoms. The topological polar surface area (TPSA) is 0 Å². The van der Waals surface area contributed by atoms with Crippen LogP contribution >= 0.6 is 11.8 Å². The molecule has 0 amide bonds. The zero-order valence-electron chi connectivity index (χ0n) is 3.56. The molecular formula is C4H8S. The summed E-state index contributed by atoms with van der Waals surface area (Å²) in [5, 5.41) is 1.94. The summed E-state index contributed by atoms with van der Waals surface area (Å²) in [7, 11) is 0. The second kappa shape index (κ2) is 0.904. The molecule has 0 N–H and O–H groups in total. The number of rotatable bonds is 0. The Bertz CT molecular complexity index is 36.9. The third-order valence-corrected chi connectivity index (χ3v) is 2.37. The van der Waals surface area contributed by atoms with E-state index in [1.54, 1.807) is 0 Å². The first-order chi connectivity index (χ1) is 2.30. The van der Waals surface area contributed by atoms with E-state index in [0.29, 0.717) is 0 Å². The van der Waals surface area contributed by atoms with E-state index in [2.05, 4.69) is 13.8 Å². The summed E-state index contributed by atoms with van der Waals surface area (Å²) < 4.78 is 0. The van der Waals surface area contributed by atoms with Crippen molar-refractivity contribution >= 4 is 11.8 Å². The smallest absolute Gasteiger partial charge is 0.0138 e. The quantitative estimate of drug-likeness (QED) is 0.404. The number of hydrogen-bond donors (Lipinski definition) is 0. The molecule has 1 heteroatoms. The summed E-state index contributed by atoms with van der Waals surface area (Å²) in [5.74, 6) is 0. The van der Waals surface area contributed by atoms with Crippen LogP contribution in [0.2, 0.25) is 0 Å². The second-order valence-corrected chi connectivity index (χ2v) is 3.31. The van der Waals surface area contributed by atoms with Crippen LogP contribution in [0.5, 0.6) is 0 Å². The second-order valence-electron chi connectivity index (χ2n) is 1.55. The van der Waals surface area contributed by atoms with Crippen molar-refractivity contribution in [3.8, 4) is 0 Å². The molecule has 1 aliphatic rings. The first-order valence-corrected chi connectivity index (χ1v) is 2.90. The Kier molecular flexibility index (Phi) is 0.639. The van der Waals surface area contributed by atoms with E-state index in [-0.39, 0.29) is 0 Å². The summed E-state index contributed by atoms with van der Waals surface area (Å²) in [6.45, 7) is 4.52. The molecule has 0 aromatic rings. The van der Waals surface area contributed by atoms with Crippen molar-refractivity contribution in [1.29, 1.82) is 0 Å². The summed E-state index contributed by atoms with van der Waals surface area (Å²) >= 11 is 2.05. The minimum absolute atomic E-state index is 0.968. The molecule has 1 aliphatic heterocycles. The first kappa shape index (κ1) is 3.54. The van der Waals surface area contributed by atoms with Gasteiger partial charge < -0.3 is 0 Å². The lowest BCUT2D eigenvalue weighted by Crippen LogP contribution is -1.74. The lowest BCUT2D eigenvalue weighted by molar-refractivity contribution is 1.05. The van der Waals surface area contributed by atoms with Gasteiger partial charge in [0.15, 0.2) is 0 Å². The highest BCUT2D eigenvalue weighted by Gasteiger charge is 2.27. The van der Waals surface area contributed by atoms with E-state index in [1.165, 1.54) is 0 Å². The van der Waals surface area contributed by atoms with Gasteiger partial charge in [-0.3, -0.25) is 0 Å². The molecule has 1 rings (SSSR count). The Morgan fingerprint density at radius 3 is 1.40 bits per heavy atom. The maximum Gasteiger partial charge on any atom is 0.0138 e. The van der Waals surface area contributed by atoms with Crippen LogP contribution in [0, 0.1) is 0 Å². The maximum atomic E-state index is 2.26. The van der Waals surface area contributed by atoms with E-state index in [0.717, 1.165) is 10.5 Å². The van der Waals surface area contributed by atoms with Crippen molar-refractivity contribution in [3.63, 3.8) is 0 Å². The summed E-state index contributed by atoms with van der Waals surface area (Å²) in [6, 6.07) is 0. The molecule has 0 saturated carbocycles. The molecule has 30 valence electrons. The number of thioether (sulfide) groups is 1. The van der Waals surface area contributed by atoms with Crippen LogP contribution in [-0.4, -0.2) is 10.5 Å². The van der Waals surface area contributed by atoms with Gasteiger partial charge >= 0.3 is 0 Å². The lowest BCUT2D eigenvalue weighted by Gasteiger charge is -1.62. The predicted molar refractivity (Wildman–Crippen MR) is 26.5 cm³/mol. The SMILES string of the molecule is C[C@@H]1S[C@@H]1C. The molecular weight excluding hydrogens is 80.1 g/mol. The third-order valence-electron chi connectivity index (χ3n) is 1.01. The van der Waals surface area contributed by atoms with Crippen LogP contribution in [0.15, 0.2) is 0 Å². The largest absolute Gasteiger partial charge is 0.153 e. The van der Waals surface area contributed by atoms with Gasteiger partial charge in [-0.25, -0.2) is 0 Å². The number of hydrogen-bond acceptors (Lipinski definition) is 1. The molecule has 1 fully saturated rings. The van der Waals surface area contributed by atoms with E-state index < -0.39 is 0 Å². The Labute approximate surface area is 37.0 Å². The van der Waals surface area contributed by atoms with Gasteiger partial charge in [0.25, 0.3) is 0 Å². The van der Waals surface area contributed by atoms with E-state index in [1.807, 2.05) is 11.8 Å². The zero-order valence-corrected chi connectivity index (χ0v) is 4.38. The molecule has 0 nitrogen and oxygen atoms in total. The molecule has 0 unspecified atom stereocenters. The molecule has 0 radical (unpaired) electrons. The van der Waals surface area contributed by atoms with Crippen molar-refractivity contribution in [2.75, 3.05) is 0 Å². The van der Waals surface area contributed by atoms with Crippen LogP contribution in [-0.2, 0) is 0 Å². The average Bonchev–Trinajstić information content (AvgIpc) is 1.79.